The third-order valence-electron chi connectivity index (χ3n) is 4.17. The molecule has 9 nitrogen and oxygen atoms in total. The van der Waals surface area contributed by atoms with Gasteiger partial charge in [-0.15, -0.1) is 0 Å². The van der Waals surface area contributed by atoms with Crippen molar-refractivity contribution in [3.8, 4) is 34.5 Å². The summed E-state index contributed by atoms with van der Waals surface area (Å²) >= 11 is 0. The molecule has 1 atom stereocenters. The molecule has 0 unspecified atom stereocenters. The van der Waals surface area contributed by atoms with Crippen molar-refractivity contribution < 1.29 is 34.0 Å². The third kappa shape index (κ3) is 3.43. The summed E-state index contributed by atoms with van der Waals surface area (Å²) < 4.78 is 21.0. The third-order valence-corrected chi connectivity index (χ3v) is 4.17. The summed E-state index contributed by atoms with van der Waals surface area (Å²) in [4.78, 5) is 12.0. The van der Waals surface area contributed by atoms with Crippen molar-refractivity contribution in [1.29, 1.82) is 0 Å². The smallest absolute Gasteiger partial charge is 0.315 e. The predicted molar refractivity (Wildman–Crippen MR) is 94.9 cm³/mol. The fraction of sp³-hybridized carbons (Fsp3) is 0.278. The highest BCUT2D eigenvalue weighted by Gasteiger charge is 2.26. The number of methoxy groups -OCH3 is 2. The van der Waals surface area contributed by atoms with Crippen molar-refractivity contribution in [3.05, 3.63) is 35.4 Å². The van der Waals surface area contributed by atoms with E-state index in [4.69, 9.17) is 18.9 Å². The van der Waals surface area contributed by atoms with Crippen LogP contribution in [0.5, 0.6) is 34.5 Å². The summed E-state index contributed by atoms with van der Waals surface area (Å²) in [5.41, 5.74) is 0.886. The molecule has 0 saturated heterocycles. The Morgan fingerprint density at radius 3 is 2.22 bits per heavy atom. The molecule has 144 valence electrons. The van der Waals surface area contributed by atoms with Gasteiger partial charge < -0.3 is 39.8 Å². The van der Waals surface area contributed by atoms with Crippen LogP contribution in [0.1, 0.15) is 17.2 Å². The van der Waals surface area contributed by atoms with Crippen LogP contribution in [-0.4, -0.2) is 44.3 Å². The van der Waals surface area contributed by atoms with Crippen LogP contribution in [0.2, 0.25) is 0 Å². The first-order valence-corrected chi connectivity index (χ1v) is 8.04. The maximum atomic E-state index is 12.0. The van der Waals surface area contributed by atoms with E-state index in [0.29, 0.717) is 22.6 Å². The first-order valence-electron chi connectivity index (χ1n) is 8.04. The van der Waals surface area contributed by atoms with Gasteiger partial charge in [0.1, 0.15) is 5.75 Å². The highest BCUT2D eigenvalue weighted by atomic mass is 16.7. The highest BCUT2D eigenvalue weighted by Crippen LogP contribution is 2.44. The van der Waals surface area contributed by atoms with E-state index in [0.717, 1.165) is 0 Å². The summed E-state index contributed by atoms with van der Waals surface area (Å²) in [7, 11) is 4.28. The highest BCUT2D eigenvalue weighted by molar-refractivity contribution is 5.75. The lowest BCUT2D eigenvalue weighted by Crippen LogP contribution is -2.36. The van der Waals surface area contributed by atoms with Crippen molar-refractivity contribution in [2.24, 2.45) is 0 Å². The fourth-order valence-electron chi connectivity index (χ4n) is 2.80. The van der Waals surface area contributed by atoms with Crippen molar-refractivity contribution in [2.45, 2.75) is 6.04 Å². The van der Waals surface area contributed by atoms with E-state index in [9.17, 15) is 15.0 Å². The maximum absolute atomic E-state index is 12.0. The molecule has 0 saturated carbocycles. The van der Waals surface area contributed by atoms with Crippen LogP contribution in [0, 0.1) is 0 Å². The van der Waals surface area contributed by atoms with Crippen LogP contribution in [-0.2, 0) is 0 Å². The molecule has 1 aliphatic heterocycles. The normalized spacial score (nSPS) is 13.0. The van der Waals surface area contributed by atoms with Gasteiger partial charge in [-0.1, -0.05) is 0 Å². The SMILES string of the molecule is CNC(=O)N[C@@H](c1cc(OC)c(O)c(OC)c1)c1cc2c(cc1O)OCO2. The topological polar surface area (TPSA) is 119 Å². The van der Waals surface area contributed by atoms with Gasteiger partial charge in [-0.25, -0.2) is 4.79 Å². The number of hydrogen-bond donors (Lipinski definition) is 4. The van der Waals surface area contributed by atoms with E-state index in [2.05, 4.69) is 10.6 Å². The van der Waals surface area contributed by atoms with E-state index in [1.165, 1.54) is 27.3 Å². The molecule has 0 radical (unpaired) electrons. The number of urea groups is 1. The summed E-state index contributed by atoms with van der Waals surface area (Å²) in [6, 6.07) is 4.84. The fourth-order valence-corrected chi connectivity index (χ4v) is 2.80. The summed E-state index contributed by atoms with van der Waals surface area (Å²) in [5.74, 6) is 0.922. The lowest BCUT2D eigenvalue weighted by atomic mass is 9.96. The van der Waals surface area contributed by atoms with Gasteiger partial charge >= 0.3 is 6.03 Å². The van der Waals surface area contributed by atoms with Crippen LogP contribution >= 0.6 is 0 Å². The van der Waals surface area contributed by atoms with Crippen molar-refractivity contribution in [2.75, 3.05) is 28.1 Å². The Bertz CT molecular complexity index is 844. The van der Waals surface area contributed by atoms with Crippen molar-refractivity contribution in [1.82, 2.24) is 10.6 Å². The first kappa shape index (κ1) is 18.3. The zero-order chi connectivity index (χ0) is 19.6. The Labute approximate surface area is 155 Å². The lowest BCUT2D eigenvalue weighted by molar-refractivity contribution is 0.174. The second-order valence-corrected chi connectivity index (χ2v) is 5.69. The van der Waals surface area contributed by atoms with E-state index >= 15 is 0 Å². The predicted octanol–water partition coefficient (Wildman–Crippen LogP) is 1.86. The second-order valence-electron chi connectivity index (χ2n) is 5.69. The standard InChI is InChI=1S/C18H20N2O7/c1-19-18(23)20-16(9-4-14(24-2)17(22)15(5-9)25-3)10-6-12-13(7-11(10)21)27-8-26-12/h4-7,16,21-22H,8H2,1-3H3,(H2,19,20,23)/t16-/m0/s1. The van der Waals surface area contributed by atoms with Crippen LogP contribution < -0.4 is 29.6 Å². The number of nitrogens with one attached hydrogen (secondary N) is 2. The molecule has 0 aliphatic carbocycles. The van der Waals surface area contributed by atoms with Gasteiger partial charge in [0.05, 0.1) is 20.3 Å². The van der Waals surface area contributed by atoms with E-state index in [-0.39, 0.29) is 29.8 Å². The molecule has 0 spiro atoms. The van der Waals surface area contributed by atoms with Crippen molar-refractivity contribution in [3.63, 3.8) is 0 Å². The minimum Gasteiger partial charge on any atom is -0.507 e. The summed E-state index contributed by atoms with van der Waals surface area (Å²) in [5, 5.41) is 25.8. The zero-order valence-electron chi connectivity index (χ0n) is 15.0. The maximum Gasteiger partial charge on any atom is 0.315 e. The van der Waals surface area contributed by atoms with E-state index in [1.54, 1.807) is 18.2 Å². The molecule has 2 aromatic rings. The van der Waals surface area contributed by atoms with Crippen LogP contribution in [0.3, 0.4) is 0 Å². The van der Waals surface area contributed by atoms with Gasteiger partial charge in [0, 0.05) is 18.7 Å². The average Bonchev–Trinajstić information content (AvgIpc) is 3.12. The minimum atomic E-state index is -0.789. The lowest BCUT2D eigenvalue weighted by Gasteiger charge is -2.22. The van der Waals surface area contributed by atoms with Gasteiger partial charge in [-0.05, 0) is 23.8 Å². The number of phenols is 2. The molecule has 1 heterocycles. The Hall–Kier alpha value is -3.49. The van der Waals surface area contributed by atoms with E-state index in [1.807, 2.05) is 0 Å². The molecule has 0 aromatic heterocycles. The van der Waals surface area contributed by atoms with Gasteiger partial charge in [0.15, 0.2) is 23.0 Å². The minimum absolute atomic E-state index is 0.0482. The Morgan fingerprint density at radius 1 is 1.07 bits per heavy atom. The largest absolute Gasteiger partial charge is 0.507 e. The number of fused-ring (bicyclic) bond motifs is 1. The molecule has 9 heteroatoms. The summed E-state index contributed by atoms with van der Waals surface area (Å²) in [6.07, 6.45) is 0. The average molecular weight is 376 g/mol. The Kier molecular flexibility index (Phi) is 5.02. The molecule has 1 aliphatic rings. The van der Waals surface area contributed by atoms with Gasteiger partial charge in [0.25, 0.3) is 0 Å². The molecule has 0 bridgehead atoms. The number of aromatic hydroxyl groups is 2. The molecular weight excluding hydrogens is 356 g/mol. The monoisotopic (exact) mass is 376 g/mol. The number of carbonyl (C=O) groups is 1. The number of carbonyl (C=O) groups excluding carboxylic acids is 1. The molecular formula is C18H20N2O7. The van der Waals surface area contributed by atoms with Crippen molar-refractivity contribution >= 4 is 6.03 Å². The number of phenolic OH excluding ortho intramolecular Hbond substituents is 2. The zero-order valence-corrected chi connectivity index (χ0v) is 15.0. The van der Waals surface area contributed by atoms with Gasteiger partial charge in [-0.3, -0.25) is 0 Å². The molecule has 3 rings (SSSR count). The molecule has 0 fully saturated rings. The number of amides is 2. The molecule has 27 heavy (non-hydrogen) atoms. The molecule has 2 amide bonds. The number of benzene rings is 2. The molecule has 2 aromatic carbocycles. The quantitative estimate of drug-likeness (QED) is 0.629. The van der Waals surface area contributed by atoms with Crippen LogP contribution in [0.25, 0.3) is 0 Å². The number of ether oxygens (including phenoxy) is 4. The van der Waals surface area contributed by atoms with Crippen LogP contribution in [0.4, 0.5) is 4.79 Å². The summed E-state index contributed by atoms with van der Waals surface area (Å²) in [6.45, 7) is 0.0482. The molecule has 4 N–H and O–H groups in total. The second kappa shape index (κ2) is 7.40. The first-order chi connectivity index (χ1) is 13.0. The number of hydrogen-bond acceptors (Lipinski definition) is 7. The van der Waals surface area contributed by atoms with Crippen LogP contribution in [0.15, 0.2) is 24.3 Å². The Balaban J connectivity index is 2.14. The number of rotatable bonds is 5. The Morgan fingerprint density at radius 2 is 1.67 bits per heavy atom. The van der Waals surface area contributed by atoms with E-state index < -0.39 is 12.1 Å². The van der Waals surface area contributed by atoms with Gasteiger partial charge in [0.2, 0.25) is 12.5 Å². The van der Waals surface area contributed by atoms with Gasteiger partial charge in [-0.2, -0.15) is 0 Å².